The summed E-state index contributed by atoms with van der Waals surface area (Å²) in [7, 11) is 1.27. The number of nitrogens with one attached hydrogen (secondary N) is 1. The molecule has 166 valence electrons. The van der Waals surface area contributed by atoms with E-state index in [1.807, 2.05) is 19.1 Å². The second kappa shape index (κ2) is 10.5. The molecule has 0 atom stereocenters. The minimum atomic E-state index is -0.540. The van der Waals surface area contributed by atoms with E-state index in [2.05, 4.69) is 26.0 Å². The molecule has 8 nitrogen and oxygen atoms in total. The van der Waals surface area contributed by atoms with Gasteiger partial charge in [0.1, 0.15) is 12.3 Å². The molecule has 1 heterocycles. The molecule has 1 saturated heterocycles. The molecule has 1 N–H and O–H groups in total. The van der Waals surface area contributed by atoms with Crippen molar-refractivity contribution < 1.29 is 28.7 Å². The smallest absolute Gasteiger partial charge is 0.343 e. The Kier molecular flexibility index (Phi) is 7.70. The van der Waals surface area contributed by atoms with Gasteiger partial charge in [0.2, 0.25) is 5.91 Å². The number of nitrogens with zero attached hydrogens (tertiary/aromatic N) is 1. The quantitative estimate of drug-likeness (QED) is 0.436. The number of thioether (sulfide) groups is 1. The Morgan fingerprint density at radius 2 is 1.94 bits per heavy atom. The van der Waals surface area contributed by atoms with Crippen LogP contribution in [0.2, 0.25) is 0 Å². The minimum absolute atomic E-state index is 0.203. The first-order chi connectivity index (χ1) is 15.3. The first-order valence-electron chi connectivity index (χ1n) is 9.38. The average Bonchev–Trinajstić information content (AvgIpc) is 3.01. The minimum Gasteiger partial charge on any atom is -0.481 e. The first kappa shape index (κ1) is 23.6. The average molecular weight is 519 g/mol. The van der Waals surface area contributed by atoms with Gasteiger partial charge in [0.25, 0.3) is 11.1 Å². The van der Waals surface area contributed by atoms with E-state index < -0.39 is 23.0 Å². The van der Waals surface area contributed by atoms with Gasteiger partial charge in [-0.1, -0.05) is 24.3 Å². The number of methoxy groups -OCH3 is 1. The van der Waals surface area contributed by atoms with Gasteiger partial charge in [-0.25, -0.2) is 4.79 Å². The Hall–Kier alpha value is -3.11. The lowest BCUT2D eigenvalue weighted by Crippen LogP contribution is -2.36. The number of ether oxygens (including phenoxy) is 2. The van der Waals surface area contributed by atoms with Crippen molar-refractivity contribution in [2.75, 3.05) is 25.6 Å². The number of rotatable bonds is 7. The van der Waals surface area contributed by atoms with E-state index >= 15 is 0 Å². The molecule has 1 aliphatic rings. The normalized spacial score (nSPS) is 14.6. The van der Waals surface area contributed by atoms with E-state index in [1.54, 1.807) is 36.4 Å². The van der Waals surface area contributed by atoms with Crippen molar-refractivity contribution in [3.63, 3.8) is 0 Å². The molecule has 1 aliphatic heterocycles. The van der Waals surface area contributed by atoms with Crippen molar-refractivity contribution in [2.24, 2.45) is 0 Å². The van der Waals surface area contributed by atoms with Crippen molar-refractivity contribution in [3.05, 3.63) is 63.0 Å². The van der Waals surface area contributed by atoms with Crippen LogP contribution >= 0.6 is 27.7 Å². The summed E-state index contributed by atoms with van der Waals surface area (Å²) in [6.45, 7) is 1.24. The van der Waals surface area contributed by atoms with E-state index in [-0.39, 0.29) is 18.1 Å². The van der Waals surface area contributed by atoms with E-state index in [4.69, 9.17) is 4.74 Å². The molecule has 2 aromatic carbocycles. The summed E-state index contributed by atoms with van der Waals surface area (Å²) in [6, 6.07) is 12.2. The lowest BCUT2D eigenvalue weighted by Gasteiger charge is -2.13. The maximum absolute atomic E-state index is 12.7. The zero-order valence-corrected chi connectivity index (χ0v) is 19.6. The van der Waals surface area contributed by atoms with Gasteiger partial charge in [0.05, 0.1) is 16.5 Å². The van der Waals surface area contributed by atoms with E-state index in [0.717, 1.165) is 22.2 Å². The zero-order valence-electron chi connectivity index (χ0n) is 17.2. The second-order valence-electron chi connectivity index (χ2n) is 6.69. The molecule has 10 heteroatoms. The zero-order chi connectivity index (χ0) is 23.3. The molecule has 3 rings (SSSR count). The van der Waals surface area contributed by atoms with Crippen LogP contribution in [0.3, 0.4) is 0 Å². The van der Waals surface area contributed by atoms with Crippen molar-refractivity contribution in [3.8, 4) is 5.75 Å². The van der Waals surface area contributed by atoms with Gasteiger partial charge >= 0.3 is 5.97 Å². The highest BCUT2D eigenvalue weighted by atomic mass is 79.9. The van der Waals surface area contributed by atoms with E-state index in [9.17, 15) is 19.2 Å². The Bertz CT molecular complexity index is 1120. The summed E-state index contributed by atoms with van der Waals surface area (Å²) in [6.07, 6.45) is 1.55. The third-order valence-electron chi connectivity index (χ3n) is 4.42. The highest BCUT2D eigenvalue weighted by Crippen LogP contribution is 2.34. The number of hydrogen-bond donors (Lipinski definition) is 1. The number of benzene rings is 2. The van der Waals surface area contributed by atoms with Gasteiger partial charge in [-0.15, -0.1) is 0 Å². The van der Waals surface area contributed by atoms with Crippen LogP contribution in [0, 0.1) is 6.92 Å². The number of carbonyl (C=O) groups excluding carboxylic acids is 4. The Morgan fingerprint density at radius 3 is 2.62 bits per heavy atom. The predicted molar refractivity (Wildman–Crippen MR) is 124 cm³/mol. The fraction of sp³-hybridized carbons (Fsp3) is 0.182. The molecule has 3 amide bonds. The summed E-state index contributed by atoms with van der Waals surface area (Å²) >= 11 is 4.12. The van der Waals surface area contributed by atoms with Gasteiger partial charge in [0.15, 0.2) is 6.61 Å². The molecule has 0 saturated carbocycles. The van der Waals surface area contributed by atoms with Gasteiger partial charge in [0, 0.05) is 5.69 Å². The van der Waals surface area contributed by atoms with Gasteiger partial charge < -0.3 is 14.8 Å². The Morgan fingerprint density at radius 1 is 1.19 bits per heavy atom. The number of halogens is 1. The fourth-order valence-corrected chi connectivity index (χ4v) is 4.10. The largest absolute Gasteiger partial charge is 0.481 e. The topological polar surface area (TPSA) is 102 Å². The number of para-hydroxylation sites is 1. The molecule has 0 spiro atoms. The van der Waals surface area contributed by atoms with E-state index in [0.29, 0.717) is 21.5 Å². The van der Waals surface area contributed by atoms with Crippen LogP contribution in [0.5, 0.6) is 5.75 Å². The van der Waals surface area contributed by atoms with Crippen LogP contribution in [0.4, 0.5) is 10.5 Å². The van der Waals surface area contributed by atoms with Crippen LogP contribution in [-0.4, -0.2) is 48.2 Å². The molecule has 0 aliphatic carbocycles. The number of carbonyl (C=O) groups is 4. The molecule has 0 aromatic heterocycles. The van der Waals surface area contributed by atoms with Crippen LogP contribution in [0.1, 0.15) is 11.1 Å². The molecular formula is C22H19BrN2O6S. The lowest BCUT2D eigenvalue weighted by atomic mass is 10.2. The molecular weight excluding hydrogens is 500 g/mol. The van der Waals surface area contributed by atoms with Gasteiger partial charge in [-0.3, -0.25) is 19.3 Å². The summed E-state index contributed by atoms with van der Waals surface area (Å²) in [4.78, 5) is 49.7. The molecule has 2 aromatic rings. The van der Waals surface area contributed by atoms with Crippen LogP contribution < -0.4 is 10.1 Å². The maximum Gasteiger partial charge on any atom is 0.343 e. The molecule has 0 bridgehead atoms. The Balaban J connectivity index is 1.67. The lowest BCUT2D eigenvalue weighted by molar-refractivity contribution is -0.143. The standard InChI is InChI=1S/C22H19BrN2O6S/c1-13-5-3-4-6-16(13)24-19(26)11-25-21(28)18(32-22(25)29)10-14-7-8-17(15(23)9-14)31-12-20(27)30-2/h3-10H,11-12H2,1-2H3,(H,24,26)/b18-10+. The summed E-state index contributed by atoms with van der Waals surface area (Å²) in [5.41, 5.74) is 2.14. The summed E-state index contributed by atoms with van der Waals surface area (Å²) in [5, 5.41) is 2.20. The number of amides is 3. The number of esters is 1. The number of hydrogen-bond acceptors (Lipinski definition) is 7. The van der Waals surface area contributed by atoms with Crippen molar-refractivity contribution >= 4 is 62.5 Å². The fourth-order valence-electron chi connectivity index (χ4n) is 2.75. The SMILES string of the molecule is COC(=O)COc1ccc(/C=C2/SC(=O)N(CC(=O)Nc3ccccc3C)C2=O)cc1Br. The predicted octanol–water partition coefficient (Wildman–Crippen LogP) is 3.98. The first-order valence-corrected chi connectivity index (χ1v) is 11.0. The van der Waals surface area contributed by atoms with Gasteiger partial charge in [-0.05, 0) is 70.0 Å². The van der Waals surface area contributed by atoms with Crippen molar-refractivity contribution in [2.45, 2.75) is 6.92 Å². The number of imide groups is 1. The molecule has 0 unspecified atom stereocenters. The van der Waals surface area contributed by atoms with Crippen LogP contribution in [0.15, 0.2) is 51.8 Å². The third kappa shape index (κ3) is 5.77. The van der Waals surface area contributed by atoms with Gasteiger partial charge in [-0.2, -0.15) is 0 Å². The highest BCUT2D eigenvalue weighted by molar-refractivity contribution is 9.10. The van der Waals surface area contributed by atoms with Crippen molar-refractivity contribution in [1.82, 2.24) is 4.90 Å². The van der Waals surface area contributed by atoms with Crippen molar-refractivity contribution in [1.29, 1.82) is 0 Å². The number of anilines is 1. The Labute approximate surface area is 197 Å². The third-order valence-corrected chi connectivity index (χ3v) is 5.95. The van der Waals surface area contributed by atoms with Crippen LogP contribution in [0.25, 0.3) is 6.08 Å². The highest BCUT2D eigenvalue weighted by Gasteiger charge is 2.36. The second-order valence-corrected chi connectivity index (χ2v) is 8.53. The maximum atomic E-state index is 12.7. The summed E-state index contributed by atoms with van der Waals surface area (Å²) < 4.78 is 10.4. The number of aryl methyl sites for hydroxylation is 1. The molecule has 0 radical (unpaired) electrons. The van der Waals surface area contributed by atoms with Crippen LogP contribution in [-0.2, 0) is 19.1 Å². The van der Waals surface area contributed by atoms with E-state index in [1.165, 1.54) is 7.11 Å². The monoisotopic (exact) mass is 518 g/mol. The summed E-state index contributed by atoms with van der Waals surface area (Å²) in [5.74, 6) is -1.09. The molecule has 32 heavy (non-hydrogen) atoms. The molecule has 1 fully saturated rings.